The van der Waals surface area contributed by atoms with Gasteiger partial charge in [-0.05, 0) is 41.7 Å². The summed E-state index contributed by atoms with van der Waals surface area (Å²) in [6.45, 7) is -0.123. The second-order valence-corrected chi connectivity index (χ2v) is 7.57. The molecule has 2 aromatic rings. The van der Waals surface area contributed by atoms with Crippen molar-refractivity contribution >= 4 is 5.91 Å². The van der Waals surface area contributed by atoms with Gasteiger partial charge in [0.25, 0.3) is 0 Å². The second-order valence-electron chi connectivity index (χ2n) is 7.57. The van der Waals surface area contributed by atoms with Crippen LogP contribution < -0.4 is 4.74 Å². The number of carbonyl (C=O) groups is 1. The van der Waals surface area contributed by atoms with Crippen molar-refractivity contribution in [2.75, 3.05) is 13.7 Å². The molecule has 0 radical (unpaired) electrons. The summed E-state index contributed by atoms with van der Waals surface area (Å²) < 4.78 is 5.20. The molecule has 1 saturated carbocycles. The molecule has 144 valence electrons. The Morgan fingerprint density at radius 3 is 2.21 bits per heavy atom. The monoisotopic (exact) mass is 376 g/mol. The van der Waals surface area contributed by atoms with E-state index in [0.717, 1.165) is 41.7 Å². The van der Waals surface area contributed by atoms with Gasteiger partial charge in [0, 0.05) is 11.8 Å². The number of hydrogen-bond donors (Lipinski definition) is 1. The fourth-order valence-corrected chi connectivity index (χ4v) is 4.26. The van der Waals surface area contributed by atoms with Crippen LogP contribution in [0.4, 0.5) is 0 Å². The average Bonchev–Trinajstić information content (AvgIpc) is 2.67. The molecule has 0 unspecified atom stereocenters. The van der Waals surface area contributed by atoms with Gasteiger partial charge in [-0.15, -0.1) is 0 Å². The van der Waals surface area contributed by atoms with E-state index in [2.05, 4.69) is 6.07 Å². The molecule has 1 heterocycles. The Hall–Kier alpha value is -2.84. The molecule has 3 atom stereocenters. The van der Waals surface area contributed by atoms with Gasteiger partial charge < -0.3 is 14.7 Å². The van der Waals surface area contributed by atoms with E-state index >= 15 is 0 Å². The van der Waals surface area contributed by atoms with Crippen LogP contribution in [0, 0.1) is 17.2 Å². The highest BCUT2D eigenvalue weighted by molar-refractivity contribution is 5.82. The van der Waals surface area contributed by atoms with Gasteiger partial charge in [-0.25, -0.2) is 0 Å². The Bertz CT molecular complexity index is 882. The zero-order valence-corrected chi connectivity index (χ0v) is 15.9. The number of hydrogen-bond acceptors (Lipinski definition) is 4. The number of amides is 1. The van der Waals surface area contributed by atoms with E-state index < -0.39 is 6.04 Å². The molecule has 5 nitrogen and oxygen atoms in total. The molecule has 1 N–H and O–H groups in total. The topological polar surface area (TPSA) is 73.6 Å². The highest BCUT2D eigenvalue weighted by Gasteiger charge is 2.53. The molecule has 5 heteroatoms. The summed E-state index contributed by atoms with van der Waals surface area (Å²) >= 11 is 0. The lowest BCUT2D eigenvalue weighted by molar-refractivity contribution is -0.154. The highest BCUT2D eigenvalue weighted by Crippen LogP contribution is 2.43. The van der Waals surface area contributed by atoms with Crippen LogP contribution in [-0.2, 0) is 4.79 Å². The molecule has 1 aliphatic heterocycles. The second kappa shape index (κ2) is 7.65. The quantitative estimate of drug-likeness (QED) is 0.869. The number of benzene rings is 2. The van der Waals surface area contributed by atoms with Crippen molar-refractivity contribution in [1.82, 2.24) is 4.90 Å². The molecule has 1 aliphatic carbocycles. The zero-order chi connectivity index (χ0) is 19.7. The van der Waals surface area contributed by atoms with Crippen molar-refractivity contribution in [2.45, 2.75) is 37.3 Å². The zero-order valence-electron chi connectivity index (χ0n) is 15.9. The Balaban J connectivity index is 1.54. The van der Waals surface area contributed by atoms with E-state index in [1.54, 1.807) is 12.0 Å². The van der Waals surface area contributed by atoms with Crippen LogP contribution in [0.15, 0.2) is 48.5 Å². The molecule has 2 fully saturated rings. The van der Waals surface area contributed by atoms with Crippen LogP contribution in [0.1, 0.15) is 30.7 Å². The van der Waals surface area contributed by atoms with Gasteiger partial charge in [0.15, 0.2) is 0 Å². The SMILES string of the molecule is COc1ccc(-c2ccc([C@H]3[C@@H](C#N)N(C(=O)C4CCC4)[C@@H]3CO)cc2)cc1. The fourth-order valence-electron chi connectivity index (χ4n) is 4.26. The number of likely N-dealkylation sites (tertiary alicyclic amines) is 1. The lowest BCUT2D eigenvalue weighted by Gasteiger charge is -2.53. The average molecular weight is 376 g/mol. The molecule has 28 heavy (non-hydrogen) atoms. The van der Waals surface area contributed by atoms with E-state index in [-0.39, 0.29) is 30.4 Å². The molecule has 1 amide bonds. The van der Waals surface area contributed by atoms with Crippen molar-refractivity contribution in [1.29, 1.82) is 5.26 Å². The van der Waals surface area contributed by atoms with Gasteiger partial charge in [0.2, 0.25) is 5.91 Å². The number of nitriles is 1. The Labute approximate surface area is 165 Å². The number of aliphatic hydroxyl groups is 1. The van der Waals surface area contributed by atoms with Gasteiger partial charge in [-0.1, -0.05) is 42.8 Å². The fraction of sp³-hybridized carbons (Fsp3) is 0.391. The molecule has 2 aliphatic rings. The van der Waals surface area contributed by atoms with Crippen LogP contribution in [0.2, 0.25) is 0 Å². The van der Waals surface area contributed by atoms with Gasteiger partial charge in [0.1, 0.15) is 11.8 Å². The van der Waals surface area contributed by atoms with Crippen LogP contribution in [0.5, 0.6) is 5.75 Å². The van der Waals surface area contributed by atoms with E-state index in [4.69, 9.17) is 4.74 Å². The molecule has 0 spiro atoms. The number of aliphatic hydroxyl groups excluding tert-OH is 1. The maximum atomic E-state index is 12.7. The maximum absolute atomic E-state index is 12.7. The van der Waals surface area contributed by atoms with Gasteiger partial charge in [-0.2, -0.15) is 5.26 Å². The smallest absolute Gasteiger partial charge is 0.227 e. The van der Waals surface area contributed by atoms with Crippen LogP contribution in [0.25, 0.3) is 11.1 Å². The summed E-state index contributed by atoms with van der Waals surface area (Å²) in [6.07, 6.45) is 2.86. The normalized spacial score (nSPS) is 24.0. The van der Waals surface area contributed by atoms with Crippen LogP contribution >= 0.6 is 0 Å². The molecule has 0 bridgehead atoms. The lowest BCUT2D eigenvalue weighted by Crippen LogP contribution is -2.66. The standard InChI is InChI=1S/C23H24N2O3/c1-28-19-11-9-16(10-12-19)15-5-7-17(8-6-15)22-20(13-24)25(21(22)14-26)23(27)18-3-2-4-18/h5-12,18,20-22,26H,2-4,14H2,1H3/t20-,21-,22+/m1/s1. The molecule has 1 saturated heterocycles. The summed E-state index contributed by atoms with van der Waals surface area (Å²) in [5.74, 6) is 0.726. The van der Waals surface area contributed by atoms with Crippen molar-refractivity contribution in [3.8, 4) is 22.9 Å². The predicted octanol–water partition coefficient (Wildman–Crippen LogP) is 3.34. The van der Waals surface area contributed by atoms with Gasteiger partial charge in [-0.3, -0.25) is 4.79 Å². The number of carbonyl (C=O) groups excluding carboxylic acids is 1. The number of ether oxygens (including phenoxy) is 1. The summed E-state index contributed by atoms with van der Waals surface area (Å²) in [5, 5.41) is 19.6. The van der Waals surface area contributed by atoms with Crippen LogP contribution in [-0.4, -0.2) is 41.7 Å². The van der Waals surface area contributed by atoms with Crippen molar-refractivity contribution in [2.24, 2.45) is 5.92 Å². The minimum atomic E-state index is -0.503. The van der Waals surface area contributed by atoms with Gasteiger partial charge in [0.05, 0.1) is 25.8 Å². The van der Waals surface area contributed by atoms with Gasteiger partial charge >= 0.3 is 0 Å². The summed E-state index contributed by atoms with van der Waals surface area (Å²) in [4.78, 5) is 14.3. The minimum Gasteiger partial charge on any atom is -0.497 e. The third-order valence-electron chi connectivity index (χ3n) is 6.16. The number of methoxy groups -OCH3 is 1. The summed E-state index contributed by atoms with van der Waals surface area (Å²) in [7, 11) is 1.64. The number of rotatable bonds is 5. The van der Waals surface area contributed by atoms with E-state index in [0.29, 0.717) is 0 Å². The predicted molar refractivity (Wildman–Crippen MR) is 106 cm³/mol. The molecular weight excluding hydrogens is 352 g/mol. The van der Waals surface area contributed by atoms with Crippen molar-refractivity contribution in [3.05, 3.63) is 54.1 Å². The Morgan fingerprint density at radius 2 is 1.75 bits per heavy atom. The van der Waals surface area contributed by atoms with E-state index in [9.17, 15) is 15.2 Å². The highest BCUT2D eigenvalue weighted by atomic mass is 16.5. The first kappa shape index (κ1) is 18.5. The van der Waals surface area contributed by atoms with Crippen molar-refractivity contribution < 1.29 is 14.6 Å². The third-order valence-corrected chi connectivity index (χ3v) is 6.16. The molecule has 0 aromatic heterocycles. The first-order valence-electron chi connectivity index (χ1n) is 9.75. The first-order chi connectivity index (χ1) is 13.7. The van der Waals surface area contributed by atoms with E-state index in [1.165, 1.54) is 0 Å². The molecule has 4 rings (SSSR count). The first-order valence-corrected chi connectivity index (χ1v) is 9.75. The maximum Gasteiger partial charge on any atom is 0.227 e. The number of nitrogens with zero attached hydrogens (tertiary/aromatic N) is 2. The third kappa shape index (κ3) is 3.04. The Kier molecular flexibility index (Phi) is 5.06. The molecular formula is C23H24N2O3. The lowest BCUT2D eigenvalue weighted by atomic mass is 9.73. The van der Waals surface area contributed by atoms with Crippen molar-refractivity contribution in [3.63, 3.8) is 0 Å². The minimum absolute atomic E-state index is 0.0305. The largest absolute Gasteiger partial charge is 0.497 e. The molecule has 2 aromatic carbocycles. The van der Waals surface area contributed by atoms with E-state index in [1.807, 2.05) is 48.5 Å². The summed E-state index contributed by atoms with van der Waals surface area (Å²) in [5.41, 5.74) is 3.14. The van der Waals surface area contributed by atoms with Crippen LogP contribution in [0.3, 0.4) is 0 Å². The summed E-state index contributed by atoms with van der Waals surface area (Å²) in [6, 6.07) is 17.4. The Morgan fingerprint density at radius 1 is 1.14 bits per heavy atom.